The molecule has 34 heavy (non-hydrogen) atoms. The SMILES string of the molecule is CCOC(=O)/C=c1/s/c(=C\c2ccc(C(=O)O)cc2)c(=O)n1CC(=O)Nc1cc(C)ccc1C. The molecule has 0 radical (unpaired) electrons. The van der Waals surface area contributed by atoms with Gasteiger partial charge in [0.15, 0.2) is 0 Å². The average molecular weight is 481 g/mol. The van der Waals surface area contributed by atoms with Crippen molar-refractivity contribution in [3.63, 3.8) is 0 Å². The highest BCUT2D eigenvalue weighted by atomic mass is 32.1. The maximum atomic E-state index is 13.1. The largest absolute Gasteiger partial charge is 0.478 e. The van der Waals surface area contributed by atoms with Crippen molar-refractivity contribution in [3.8, 4) is 0 Å². The van der Waals surface area contributed by atoms with Crippen LogP contribution in [0.5, 0.6) is 0 Å². The third kappa shape index (κ3) is 6.08. The molecule has 0 saturated carbocycles. The Bertz CT molecular complexity index is 1420. The first-order valence-electron chi connectivity index (χ1n) is 10.5. The number of rotatable bonds is 7. The number of aromatic nitrogens is 1. The first-order valence-corrected chi connectivity index (χ1v) is 11.3. The Morgan fingerprint density at radius 1 is 1.12 bits per heavy atom. The second-order valence-corrected chi connectivity index (χ2v) is 8.59. The van der Waals surface area contributed by atoms with Gasteiger partial charge < -0.3 is 15.2 Å². The van der Waals surface area contributed by atoms with Gasteiger partial charge in [0.25, 0.3) is 5.56 Å². The van der Waals surface area contributed by atoms with E-state index in [4.69, 9.17) is 9.84 Å². The van der Waals surface area contributed by atoms with Crippen LogP contribution in [0.4, 0.5) is 5.69 Å². The van der Waals surface area contributed by atoms with E-state index >= 15 is 0 Å². The molecule has 0 aliphatic heterocycles. The molecular formula is C25H24N2O6S. The van der Waals surface area contributed by atoms with Gasteiger partial charge in [-0.05, 0) is 61.7 Å². The highest BCUT2D eigenvalue weighted by Crippen LogP contribution is 2.16. The second-order valence-electron chi connectivity index (χ2n) is 7.53. The monoisotopic (exact) mass is 480 g/mol. The van der Waals surface area contributed by atoms with Gasteiger partial charge in [-0.2, -0.15) is 0 Å². The summed E-state index contributed by atoms with van der Waals surface area (Å²) in [6, 6.07) is 11.7. The lowest BCUT2D eigenvalue weighted by Gasteiger charge is -2.09. The van der Waals surface area contributed by atoms with Gasteiger partial charge in [0.05, 0.1) is 22.8 Å². The molecule has 1 amide bonds. The van der Waals surface area contributed by atoms with Crippen molar-refractivity contribution in [2.24, 2.45) is 0 Å². The summed E-state index contributed by atoms with van der Waals surface area (Å²) in [6.07, 6.45) is 2.77. The van der Waals surface area contributed by atoms with Crippen LogP contribution in [0.2, 0.25) is 0 Å². The molecule has 0 bridgehead atoms. The zero-order valence-corrected chi connectivity index (χ0v) is 19.8. The number of hydrogen-bond acceptors (Lipinski definition) is 6. The van der Waals surface area contributed by atoms with Gasteiger partial charge >= 0.3 is 11.9 Å². The van der Waals surface area contributed by atoms with Crippen LogP contribution in [0, 0.1) is 13.8 Å². The molecule has 0 saturated heterocycles. The Morgan fingerprint density at radius 3 is 2.47 bits per heavy atom. The number of carbonyl (C=O) groups excluding carboxylic acids is 2. The molecule has 1 heterocycles. The molecule has 1 aromatic heterocycles. The smallest absolute Gasteiger partial charge is 0.335 e. The first-order chi connectivity index (χ1) is 16.2. The highest BCUT2D eigenvalue weighted by molar-refractivity contribution is 7.07. The van der Waals surface area contributed by atoms with Crippen molar-refractivity contribution in [1.82, 2.24) is 4.57 Å². The number of ether oxygens (including phenoxy) is 1. The summed E-state index contributed by atoms with van der Waals surface area (Å²) in [4.78, 5) is 49.0. The first kappa shape index (κ1) is 24.7. The number of nitrogens with zero attached hydrogens (tertiary/aromatic N) is 1. The normalized spacial score (nSPS) is 12.0. The maximum absolute atomic E-state index is 13.1. The minimum Gasteiger partial charge on any atom is -0.478 e. The fraction of sp³-hybridized carbons (Fsp3) is 0.200. The molecule has 0 aliphatic rings. The summed E-state index contributed by atoms with van der Waals surface area (Å²) in [5, 5.41) is 11.9. The standard InChI is InChI=1S/C25H24N2O6S/c1-4-33-23(29)13-22-27(14-21(28)26-19-11-15(2)5-6-16(19)3)24(30)20(34-22)12-17-7-9-18(10-8-17)25(31)32/h5-13H,4,14H2,1-3H3,(H,26,28)(H,31,32)/b20-12-,22-13+. The zero-order chi connectivity index (χ0) is 24.8. The van der Waals surface area contributed by atoms with Gasteiger partial charge in [-0.25, -0.2) is 9.59 Å². The number of esters is 1. The van der Waals surface area contributed by atoms with Crippen molar-refractivity contribution in [1.29, 1.82) is 0 Å². The van der Waals surface area contributed by atoms with Crippen molar-refractivity contribution >= 4 is 47.0 Å². The predicted molar refractivity (Wildman–Crippen MR) is 130 cm³/mol. The van der Waals surface area contributed by atoms with E-state index in [0.29, 0.717) is 11.3 Å². The Kier molecular flexibility index (Phi) is 7.80. The van der Waals surface area contributed by atoms with Crippen LogP contribution in [-0.2, 0) is 20.9 Å². The minimum atomic E-state index is -1.05. The summed E-state index contributed by atoms with van der Waals surface area (Å²) in [7, 11) is 0. The lowest BCUT2D eigenvalue weighted by molar-refractivity contribution is -0.135. The van der Waals surface area contributed by atoms with Gasteiger partial charge in [-0.3, -0.25) is 14.2 Å². The number of benzene rings is 2. The molecule has 3 aromatic rings. The molecule has 8 nitrogen and oxygen atoms in total. The third-order valence-corrected chi connectivity index (χ3v) is 5.95. The van der Waals surface area contributed by atoms with Gasteiger partial charge in [0, 0.05) is 5.69 Å². The predicted octanol–water partition coefficient (Wildman–Crippen LogP) is 2.04. The van der Waals surface area contributed by atoms with E-state index < -0.39 is 23.4 Å². The number of hydrogen-bond donors (Lipinski definition) is 2. The van der Waals surface area contributed by atoms with Crippen LogP contribution in [0.25, 0.3) is 12.2 Å². The van der Waals surface area contributed by atoms with Crippen molar-refractivity contribution in [2.75, 3.05) is 11.9 Å². The van der Waals surface area contributed by atoms with E-state index in [1.807, 2.05) is 32.0 Å². The van der Waals surface area contributed by atoms with Gasteiger partial charge in [-0.1, -0.05) is 24.3 Å². The van der Waals surface area contributed by atoms with Crippen molar-refractivity contribution in [2.45, 2.75) is 27.3 Å². The van der Waals surface area contributed by atoms with Crippen LogP contribution < -0.4 is 20.1 Å². The summed E-state index contributed by atoms with van der Waals surface area (Å²) in [5.74, 6) is -2.08. The topological polar surface area (TPSA) is 115 Å². The van der Waals surface area contributed by atoms with E-state index in [1.165, 1.54) is 22.8 Å². The van der Waals surface area contributed by atoms with Crippen LogP contribution in [-0.4, -0.2) is 34.1 Å². The number of aryl methyl sites for hydroxylation is 2. The number of thiazole rings is 1. The maximum Gasteiger partial charge on any atom is 0.335 e. The van der Waals surface area contributed by atoms with Crippen LogP contribution in [0.3, 0.4) is 0 Å². The molecule has 3 rings (SSSR count). The molecule has 0 unspecified atom stereocenters. The van der Waals surface area contributed by atoms with Crippen LogP contribution in [0.15, 0.2) is 47.3 Å². The average Bonchev–Trinajstić information content (AvgIpc) is 3.05. The number of carbonyl (C=O) groups is 3. The highest BCUT2D eigenvalue weighted by Gasteiger charge is 2.12. The molecule has 0 atom stereocenters. The lowest BCUT2D eigenvalue weighted by Crippen LogP contribution is -2.36. The number of amides is 1. The molecule has 176 valence electrons. The van der Waals surface area contributed by atoms with E-state index in [-0.39, 0.29) is 27.9 Å². The molecular weight excluding hydrogens is 456 g/mol. The van der Waals surface area contributed by atoms with Crippen molar-refractivity contribution in [3.05, 3.63) is 84.3 Å². The van der Waals surface area contributed by atoms with E-state index in [1.54, 1.807) is 25.1 Å². The molecule has 0 fully saturated rings. The Labute approximate surface area is 199 Å². The Balaban J connectivity index is 2.01. The Morgan fingerprint density at radius 2 is 1.82 bits per heavy atom. The number of carboxylic acid groups (broad SMARTS) is 1. The molecule has 0 aliphatic carbocycles. The van der Waals surface area contributed by atoms with E-state index in [2.05, 4.69) is 5.32 Å². The van der Waals surface area contributed by atoms with Crippen LogP contribution >= 0.6 is 11.3 Å². The summed E-state index contributed by atoms with van der Waals surface area (Å²) >= 11 is 1.04. The molecule has 2 N–H and O–H groups in total. The van der Waals surface area contributed by atoms with Gasteiger partial charge in [0.2, 0.25) is 5.91 Å². The quantitative estimate of drug-likeness (QED) is 0.500. The molecule has 9 heteroatoms. The lowest BCUT2D eigenvalue weighted by atomic mass is 10.1. The summed E-state index contributed by atoms with van der Waals surface area (Å²) in [6.45, 7) is 5.34. The van der Waals surface area contributed by atoms with Gasteiger partial charge in [0.1, 0.15) is 11.2 Å². The minimum absolute atomic E-state index is 0.125. The number of nitrogens with one attached hydrogen (secondary N) is 1. The van der Waals surface area contributed by atoms with Crippen molar-refractivity contribution < 1.29 is 24.2 Å². The fourth-order valence-electron chi connectivity index (χ4n) is 3.15. The molecule has 2 aromatic carbocycles. The number of carboxylic acids is 1. The number of anilines is 1. The fourth-order valence-corrected chi connectivity index (χ4v) is 4.19. The third-order valence-electron chi connectivity index (χ3n) is 4.89. The van der Waals surface area contributed by atoms with E-state index in [9.17, 15) is 19.2 Å². The number of aromatic carboxylic acids is 1. The summed E-state index contributed by atoms with van der Waals surface area (Å²) in [5.41, 5.74) is 2.80. The second kappa shape index (κ2) is 10.8. The van der Waals surface area contributed by atoms with Crippen LogP contribution in [0.1, 0.15) is 34.0 Å². The van der Waals surface area contributed by atoms with E-state index in [0.717, 1.165) is 22.5 Å². The zero-order valence-electron chi connectivity index (χ0n) is 19.0. The van der Waals surface area contributed by atoms with Gasteiger partial charge in [-0.15, -0.1) is 11.3 Å². The summed E-state index contributed by atoms with van der Waals surface area (Å²) < 4.78 is 6.75. The molecule has 0 spiro atoms. The Hall–Kier alpha value is -3.98.